The van der Waals surface area contributed by atoms with Gasteiger partial charge in [-0.3, -0.25) is 0 Å². The lowest BCUT2D eigenvalue weighted by Gasteiger charge is -2.17. The van der Waals surface area contributed by atoms with Crippen LogP contribution in [0, 0.1) is 0 Å². The molecule has 3 N–H and O–H groups in total. The van der Waals surface area contributed by atoms with Gasteiger partial charge in [0, 0.05) is 30.6 Å². The fraction of sp³-hybridized carbons (Fsp3) is 0.263. The molecule has 0 amide bonds. The van der Waals surface area contributed by atoms with Crippen LogP contribution in [0.15, 0.2) is 30.5 Å². The van der Waals surface area contributed by atoms with Gasteiger partial charge in [-0.2, -0.15) is 0 Å². The van der Waals surface area contributed by atoms with Gasteiger partial charge in [-0.05, 0) is 31.3 Å². The third kappa shape index (κ3) is 4.54. The zero-order valence-electron chi connectivity index (χ0n) is 16.6. The minimum atomic E-state index is 0.443. The first-order chi connectivity index (χ1) is 14.1. The summed E-state index contributed by atoms with van der Waals surface area (Å²) in [6.45, 7) is 2.64. The van der Waals surface area contributed by atoms with Gasteiger partial charge in [0.25, 0.3) is 0 Å². The average Bonchev–Trinajstić information content (AvgIpc) is 2.73. The second kappa shape index (κ2) is 9.20. The molecule has 2 aromatic heterocycles. The minimum absolute atomic E-state index is 0.443. The normalized spacial score (nSPS) is 10.3. The van der Waals surface area contributed by atoms with Gasteiger partial charge in [-0.15, -0.1) is 0 Å². The molecule has 0 aliphatic carbocycles. The molecule has 3 rings (SSSR count). The molecule has 0 atom stereocenters. The van der Waals surface area contributed by atoms with Crippen molar-refractivity contribution < 1.29 is 14.2 Å². The molecule has 9 nitrogen and oxygen atoms in total. The Morgan fingerprint density at radius 1 is 1.03 bits per heavy atom. The molecular weight excluding hydrogens is 392 g/mol. The number of methoxy groups -OCH3 is 3. The second-order valence-corrected chi connectivity index (χ2v) is 6.20. The molecule has 0 fully saturated rings. The van der Waals surface area contributed by atoms with Crippen molar-refractivity contribution >= 4 is 45.8 Å². The highest BCUT2D eigenvalue weighted by Crippen LogP contribution is 2.41. The van der Waals surface area contributed by atoms with Crippen LogP contribution in [0.2, 0.25) is 0 Å². The quantitative estimate of drug-likeness (QED) is 0.500. The van der Waals surface area contributed by atoms with Gasteiger partial charge in [-0.1, -0.05) is 0 Å². The zero-order valence-corrected chi connectivity index (χ0v) is 17.4. The van der Waals surface area contributed by atoms with Crippen LogP contribution in [-0.4, -0.2) is 47.9 Å². The van der Waals surface area contributed by atoms with Crippen LogP contribution in [0.4, 0.5) is 17.3 Å². The summed E-state index contributed by atoms with van der Waals surface area (Å²) in [6, 6.07) is 7.19. The van der Waals surface area contributed by atoms with Crippen molar-refractivity contribution in [2.24, 2.45) is 0 Å². The van der Waals surface area contributed by atoms with Crippen LogP contribution in [0.3, 0.4) is 0 Å². The molecule has 0 saturated carbocycles. The molecule has 152 valence electrons. The number of rotatable bonds is 7. The molecule has 3 aromatic rings. The topological polar surface area (TPSA) is 102 Å². The number of nitrogens with zero attached hydrogens (tertiary/aromatic N) is 3. The summed E-state index contributed by atoms with van der Waals surface area (Å²) < 4.78 is 16.2. The Bertz CT molecular complexity index is 1000. The summed E-state index contributed by atoms with van der Waals surface area (Å²) in [5.74, 6) is 2.44. The Morgan fingerprint density at radius 3 is 2.38 bits per heavy atom. The van der Waals surface area contributed by atoms with Gasteiger partial charge >= 0.3 is 0 Å². The van der Waals surface area contributed by atoms with Crippen molar-refractivity contribution in [1.82, 2.24) is 20.3 Å². The summed E-state index contributed by atoms with van der Waals surface area (Å²) in [4.78, 5) is 13.5. The number of anilines is 3. The smallest absolute Gasteiger partial charge is 0.203 e. The minimum Gasteiger partial charge on any atom is -0.493 e. The Labute approximate surface area is 173 Å². The third-order valence-corrected chi connectivity index (χ3v) is 4.18. The Morgan fingerprint density at radius 2 is 1.76 bits per heavy atom. The highest BCUT2D eigenvalue weighted by atomic mass is 32.1. The van der Waals surface area contributed by atoms with E-state index in [-0.39, 0.29) is 0 Å². The van der Waals surface area contributed by atoms with Crippen LogP contribution < -0.4 is 30.2 Å². The van der Waals surface area contributed by atoms with E-state index < -0.39 is 0 Å². The van der Waals surface area contributed by atoms with E-state index >= 15 is 0 Å². The van der Waals surface area contributed by atoms with E-state index in [1.165, 1.54) is 0 Å². The third-order valence-electron chi connectivity index (χ3n) is 3.94. The van der Waals surface area contributed by atoms with Gasteiger partial charge in [0.2, 0.25) is 5.75 Å². The SMILES string of the molecule is CCNC(=S)Nc1nc2cccnc2nc1Nc1cc(OC)c(OC)c(OC)c1. The monoisotopic (exact) mass is 414 g/mol. The van der Waals surface area contributed by atoms with Crippen LogP contribution in [0.5, 0.6) is 17.2 Å². The standard InChI is InChI=1S/C19H22N6O3S/c1-5-20-19(29)25-18-17(24-16-12(23-18)7-6-8-21-16)22-11-9-13(26-2)15(28-4)14(10-11)27-3/h6-10H,5H2,1-4H3,(H,21,22,24)(H2,20,23,25,29). The lowest BCUT2D eigenvalue weighted by molar-refractivity contribution is 0.324. The molecule has 0 aliphatic heterocycles. The van der Waals surface area contributed by atoms with Gasteiger partial charge in [0.1, 0.15) is 5.52 Å². The summed E-state index contributed by atoms with van der Waals surface area (Å²) in [6.07, 6.45) is 1.66. The lowest BCUT2D eigenvalue weighted by Crippen LogP contribution is -2.28. The van der Waals surface area contributed by atoms with Gasteiger partial charge < -0.3 is 30.2 Å². The molecule has 29 heavy (non-hydrogen) atoms. The molecule has 0 radical (unpaired) electrons. The van der Waals surface area contributed by atoms with Gasteiger partial charge in [-0.25, -0.2) is 15.0 Å². The Hall–Kier alpha value is -3.40. The van der Waals surface area contributed by atoms with Gasteiger partial charge in [0.05, 0.1) is 21.3 Å². The fourth-order valence-corrected chi connectivity index (χ4v) is 2.91. The molecule has 10 heteroatoms. The highest BCUT2D eigenvalue weighted by Gasteiger charge is 2.16. The first kappa shape index (κ1) is 20.3. The first-order valence-corrected chi connectivity index (χ1v) is 9.25. The van der Waals surface area contributed by atoms with Crippen molar-refractivity contribution in [3.8, 4) is 17.2 Å². The van der Waals surface area contributed by atoms with Gasteiger partial charge in [0.15, 0.2) is 33.9 Å². The molecule has 0 saturated heterocycles. The molecule has 0 unspecified atom stereocenters. The maximum Gasteiger partial charge on any atom is 0.203 e. The van der Waals surface area contributed by atoms with E-state index in [1.54, 1.807) is 45.7 Å². The number of nitrogens with one attached hydrogen (secondary N) is 3. The predicted octanol–water partition coefficient (Wildman–Crippen LogP) is 3.10. The number of thiocarbonyl (C=S) groups is 1. The predicted molar refractivity (Wildman–Crippen MR) is 117 cm³/mol. The summed E-state index contributed by atoms with van der Waals surface area (Å²) in [5.41, 5.74) is 1.81. The number of ether oxygens (including phenoxy) is 3. The largest absolute Gasteiger partial charge is 0.493 e. The van der Waals surface area contributed by atoms with Crippen molar-refractivity contribution in [2.45, 2.75) is 6.92 Å². The molecular formula is C19H22N6O3S. The summed E-state index contributed by atoms with van der Waals surface area (Å²) in [5, 5.41) is 9.79. The van der Waals surface area contributed by atoms with E-state index in [0.29, 0.717) is 57.4 Å². The number of aromatic nitrogens is 3. The maximum atomic E-state index is 5.41. The van der Waals surface area contributed by atoms with E-state index in [4.69, 9.17) is 26.4 Å². The summed E-state index contributed by atoms with van der Waals surface area (Å²) in [7, 11) is 4.67. The van der Waals surface area contributed by atoms with Crippen molar-refractivity contribution in [3.05, 3.63) is 30.5 Å². The molecule has 0 bridgehead atoms. The first-order valence-electron chi connectivity index (χ1n) is 8.84. The number of fused-ring (bicyclic) bond motifs is 1. The number of hydrogen-bond donors (Lipinski definition) is 3. The highest BCUT2D eigenvalue weighted by molar-refractivity contribution is 7.80. The van der Waals surface area contributed by atoms with E-state index in [2.05, 4.69) is 30.9 Å². The number of hydrogen-bond acceptors (Lipinski definition) is 8. The fourth-order valence-electron chi connectivity index (χ4n) is 2.67. The Balaban J connectivity index is 2.05. The Kier molecular flexibility index (Phi) is 6.45. The van der Waals surface area contributed by atoms with Crippen molar-refractivity contribution in [2.75, 3.05) is 38.5 Å². The second-order valence-electron chi connectivity index (χ2n) is 5.79. The number of pyridine rings is 1. The van der Waals surface area contributed by atoms with Crippen LogP contribution in [-0.2, 0) is 0 Å². The maximum absolute atomic E-state index is 5.41. The average molecular weight is 414 g/mol. The van der Waals surface area contributed by atoms with E-state index in [0.717, 1.165) is 0 Å². The van der Waals surface area contributed by atoms with Crippen LogP contribution >= 0.6 is 12.2 Å². The zero-order chi connectivity index (χ0) is 20.8. The summed E-state index contributed by atoms with van der Waals surface area (Å²) >= 11 is 5.30. The van der Waals surface area contributed by atoms with Crippen LogP contribution in [0.25, 0.3) is 11.2 Å². The molecule has 2 heterocycles. The lowest BCUT2D eigenvalue weighted by atomic mass is 10.2. The molecule has 0 aliphatic rings. The van der Waals surface area contributed by atoms with E-state index in [9.17, 15) is 0 Å². The molecule has 0 spiro atoms. The van der Waals surface area contributed by atoms with Crippen LogP contribution in [0.1, 0.15) is 6.92 Å². The number of benzene rings is 1. The van der Waals surface area contributed by atoms with Crippen molar-refractivity contribution in [3.63, 3.8) is 0 Å². The molecule has 1 aromatic carbocycles. The van der Waals surface area contributed by atoms with E-state index in [1.807, 2.05) is 13.0 Å². The van der Waals surface area contributed by atoms with Crippen molar-refractivity contribution in [1.29, 1.82) is 0 Å².